The first-order valence-electron chi connectivity index (χ1n) is 21.7. The first-order chi connectivity index (χ1) is 30.8. The van der Waals surface area contributed by atoms with Gasteiger partial charge in [-0.2, -0.15) is 0 Å². The van der Waals surface area contributed by atoms with E-state index in [2.05, 4.69) is 31.4 Å². The molecule has 2 atom stereocenters. The van der Waals surface area contributed by atoms with Gasteiger partial charge < -0.3 is 36.8 Å². The van der Waals surface area contributed by atoms with Crippen LogP contribution >= 0.6 is 69.5 Å². The van der Waals surface area contributed by atoms with Crippen LogP contribution in [0, 0.1) is 0 Å². The Hall–Kier alpha value is -1.80. The number of sulfonamides is 1. The largest absolute Gasteiger partial charge is 0.330 e. The van der Waals surface area contributed by atoms with Crippen molar-refractivity contribution in [3.05, 3.63) is 126 Å². The maximum absolute atomic E-state index is 12.9. The molecule has 2 unspecified atom stereocenters. The van der Waals surface area contributed by atoms with Gasteiger partial charge in [0.1, 0.15) is 0 Å². The van der Waals surface area contributed by atoms with Gasteiger partial charge in [0.15, 0.2) is 0 Å². The Morgan fingerprint density at radius 1 is 0.621 bits per heavy atom. The molecule has 0 amide bonds. The van der Waals surface area contributed by atoms with Crippen LogP contribution in [-0.2, 0) is 32.2 Å². The summed E-state index contributed by atoms with van der Waals surface area (Å²) in [7, 11) is 6.27. The van der Waals surface area contributed by atoms with E-state index in [1.807, 2.05) is 45.4 Å². The number of benzene rings is 4. The van der Waals surface area contributed by atoms with Crippen LogP contribution in [0.1, 0.15) is 70.9 Å². The molecule has 0 radical (unpaired) electrons. The third kappa shape index (κ3) is 17.9. The summed E-state index contributed by atoms with van der Waals surface area (Å²) in [6.07, 6.45) is 3.84. The van der Waals surface area contributed by atoms with E-state index < -0.39 is 19.1 Å². The van der Waals surface area contributed by atoms with Crippen molar-refractivity contribution >= 4 is 88.6 Å². The lowest BCUT2D eigenvalue weighted by atomic mass is 9.85. The molecule has 2 aliphatic rings. The fourth-order valence-corrected chi connectivity index (χ4v) is 11.1. The highest BCUT2D eigenvalue weighted by Crippen LogP contribution is 2.40. The van der Waals surface area contributed by atoms with Gasteiger partial charge in [0, 0.05) is 75.3 Å². The van der Waals surface area contributed by atoms with Crippen molar-refractivity contribution in [3.63, 3.8) is 0 Å². The molecule has 2 aliphatic heterocycles. The van der Waals surface area contributed by atoms with E-state index in [4.69, 9.17) is 74.3 Å². The molecular formula is C46H66Cl6N8O4S2. The molecule has 0 aliphatic carbocycles. The first-order valence-corrected chi connectivity index (χ1v) is 27.0. The molecular weight excluding hydrogens is 1010 g/mol. The van der Waals surface area contributed by atoms with Crippen molar-refractivity contribution in [2.75, 3.05) is 93.6 Å². The lowest BCUT2D eigenvalue weighted by Crippen LogP contribution is -2.31. The number of nitrogens with zero attached hydrogens (tertiary/aromatic N) is 4. The number of rotatable bonds is 18. The summed E-state index contributed by atoms with van der Waals surface area (Å²) in [5, 5.41) is 2.44. The molecule has 6 rings (SSSR count). The molecule has 0 saturated heterocycles. The van der Waals surface area contributed by atoms with E-state index in [1.165, 1.54) is 6.07 Å². The molecule has 368 valence electrons. The fraction of sp³-hybridized carbons (Fsp3) is 0.478. The molecule has 66 heavy (non-hydrogen) atoms. The summed E-state index contributed by atoms with van der Waals surface area (Å²) in [4.78, 5) is 9.13. The van der Waals surface area contributed by atoms with E-state index in [0.717, 1.165) is 125 Å². The summed E-state index contributed by atoms with van der Waals surface area (Å²) in [6, 6.07) is 21.2. The highest BCUT2D eigenvalue weighted by atomic mass is 35.7. The number of hydrogen-bond donors (Lipinski definition) is 4. The average molecular weight is 1070 g/mol. The van der Waals surface area contributed by atoms with Gasteiger partial charge >= 0.3 is 0 Å². The molecule has 2 heterocycles. The highest BCUT2D eigenvalue weighted by molar-refractivity contribution is 8.13. The van der Waals surface area contributed by atoms with Crippen LogP contribution in [0.25, 0.3) is 0 Å². The minimum absolute atomic E-state index is 0. The van der Waals surface area contributed by atoms with Crippen LogP contribution in [0.3, 0.4) is 0 Å². The smallest absolute Gasteiger partial charge is 0.261 e. The molecule has 7 N–H and O–H groups in total. The van der Waals surface area contributed by atoms with Gasteiger partial charge in [-0.3, -0.25) is 0 Å². The van der Waals surface area contributed by atoms with Gasteiger partial charge in [-0.1, -0.05) is 70.7 Å². The van der Waals surface area contributed by atoms with Gasteiger partial charge in [-0.25, -0.2) is 21.6 Å². The monoisotopic (exact) mass is 1070 g/mol. The number of nitrogens with one attached hydrogen (secondary N) is 1. The average Bonchev–Trinajstić information content (AvgIpc) is 3.26. The number of fused-ring (bicyclic) bond motifs is 2. The van der Waals surface area contributed by atoms with E-state index in [-0.39, 0.29) is 34.0 Å². The van der Waals surface area contributed by atoms with Crippen LogP contribution in [0.4, 0.5) is 0 Å². The quantitative estimate of drug-likeness (QED) is 0.0562. The van der Waals surface area contributed by atoms with Gasteiger partial charge in [0.25, 0.3) is 9.05 Å². The lowest BCUT2D eigenvalue weighted by molar-refractivity contribution is 0.295. The molecule has 0 saturated carbocycles. The summed E-state index contributed by atoms with van der Waals surface area (Å²) in [5.41, 5.74) is 22.2. The van der Waals surface area contributed by atoms with Crippen LogP contribution < -0.4 is 21.9 Å². The Kier molecular flexibility index (Phi) is 25.0. The zero-order chi connectivity index (χ0) is 47.9. The second-order valence-electron chi connectivity index (χ2n) is 16.8. The summed E-state index contributed by atoms with van der Waals surface area (Å²) in [5.74, 6) is -0.0235. The van der Waals surface area contributed by atoms with Gasteiger partial charge in [-0.15, -0.1) is 12.4 Å². The Labute approximate surface area is 424 Å². The highest BCUT2D eigenvalue weighted by Gasteiger charge is 2.29. The second kappa shape index (κ2) is 28.1. The Bertz CT molecular complexity index is 2380. The Balaban J connectivity index is 0.000000296. The van der Waals surface area contributed by atoms with E-state index in [0.29, 0.717) is 33.2 Å². The molecule has 20 heteroatoms. The lowest BCUT2D eigenvalue weighted by Gasteiger charge is -2.33. The molecule has 0 spiro atoms. The fourth-order valence-electron chi connectivity index (χ4n) is 7.99. The summed E-state index contributed by atoms with van der Waals surface area (Å²) < 4.78 is 51.7. The molecule has 0 fully saturated rings. The minimum Gasteiger partial charge on any atom is -0.330 e. The maximum Gasteiger partial charge on any atom is 0.261 e. The zero-order valence-corrected chi connectivity index (χ0v) is 44.4. The predicted octanol–water partition coefficient (Wildman–Crippen LogP) is 8.06. The Morgan fingerprint density at radius 2 is 1.02 bits per heavy atom. The number of likely N-dealkylation sites (N-methyl/N-ethyl adjacent to an activating group) is 2. The molecule has 4 aromatic rings. The van der Waals surface area contributed by atoms with Gasteiger partial charge in [-0.05, 0) is 182 Å². The predicted molar refractivity (Wildman–Crippen MR) is 278 cm³/mol. The molecule has 0 bridgehead atoms. The van der Waals surface area contributed by atoms with Crippen molar-refractivity contribution < 1.29 is 16.8 Å². The second-order valence-corrected chi connectivity index (χ2v) is 22.8. The summed E-state index contributed by atoms with van der Waals surface area (Å²) >= 11 is 25.2. The summed E-state index contributed by atoms with van der Waals surface area (Å²) in [6.45, 7) is 9.51. The normalized spacial score (nSPS) is 16.4. The van der Waals surface area contributed by atoms with Gasteiger partial charge in [0.05, 0.1) is 9.79 Å². The third-order valence-corrected chi connectivity index (χ3v) is 15.3. The zero-order valence-electron chi connectivity index (χ0n) is 38.2. The Morgan fingerprint density at radius 3 is 1.42 bits per heavy atom. The maximum atomic E-state index is 12.9. The number of nitrogens with two attached hydrogens (primary N) is 3. The van der Waals surface area contributed by atoms with Crippen molar-refractivity contribution in [1.29, 1.82) is 0 Å². The van der Waals surface area contributed by atoms with Crippen LogP contribution in [0.15, 0.2) is 82.6 Å². The molecule has 4 aromatic carbocycles. The van der Waals surface area contributed by atoms with Crippen molar-refractivity contribution in [3.8, 4) is 0 Å². The first kappa shape index (κ1) is 58.5. The standard InChI is InChI=1S/C23H32Cl2N4O2S.C16H14Cl3NO2S.C7H19N3.ClH/c1-28(10-4-8-26)11-5-9-27-32(30,31)19-7-3-6-17(12-19)21-15-29(2)16-22-20(21)13-18(24)14-23(22)25;1-20-8-14(10-3-2-4-12(5-10)23(19,21)22)13-6-11(17)7-16(18)15(13)9-20;1-10(6-2-4-8)7-3-5-9;/h3,6-7,12-14,21,27H,4-5,8-11,15-16,26H2,1-2H3;2-7,14H,8-9H2,1H3;2-9H2,1H3;1H. The van der Waals surface area contributed by atoms with Crippen LogP contribution in [0.2, 0.25) is 20.1 Å². The van der Waals surface area contributed by atoms with Crippen molar-refractivity contribution in [2.24, 2.45) is 17.2 Å². The van der Waals surface area contributed by atoms with E-state index in [1.54, 1.807) is 42.5 Å². The minimum atomic E-state index is -3.76. The van der Waals surface area contributed by atoms with E-state index >= 15 is 0 Å². The van der Waals surface area contributed by atoms with Crippen molar-refractivity contribution in [1.82, 2.24) is 24.3 Å². The van der Waals surface area contributed by atoms with Crippen LogP contribution in [0.5, 0.6) is 0 Å². The van der Waals surface area contributed by atoms with Gasteiger partial charge in [0.2, 0.25) is 10.0 Å². The topological polar surface area (TPSA) is 171 Å². The third-order valence-electron chi connectivity index (χ3n) is 11.3. The SMILES string of the molecule is CN(CCCN)CCCN.CN(CCCN)CCCNS(=O)(=O)c1cccc(C2CN(C)Cc3c(Cl)cc(Cl)cc32)c1.CN1Cc2c(Cl)cc(Cl)cc2C(c2cccc(S(=O)(=O)Cl)c2)C1.Cl. The van der Waals surface area contributed by atoms with Crippen LogP contribution in [-0.4, -0.2) is 130 Å². The number of halogens is 6. The number of hydrogen-bond acceptors (Lipinski definition) is 11. The molecule has 0 aromatic heterocycles. The molecule has 12 nitrogen and oxygen atoms in total. The van der Waals surface area contributed by atoms with Crippen molar-refractivity contribution in [2.45, 2.75) is 60.4 Å². The van der Waals surface area contributed by atoms with E-state index in [9.17, 15) is 16.8 Å².